The van der Waals surface area contributed by atoms with Crippen molar-refractivity contribution in [2.24, 2.45) is 5.92 Å². The molecule has 1 aliphatic carbocycles. The van der Waals surface area contributed by atoms with Gasteiger partial charge in [0, 0.05) is 49.3 Å². The minimum Gasteiger partial charge on any atom is -0.506 e. The van der Waals surface area contributed by atoms with Crippen molar-refractivity contribution >= 4 is 42.7 Å². The summed E-state index contributed by atoms with van der Waals surface area (Å²) in [6, 6.07) is 18.6. The number of methoxy groups -OCH3 is 1. The number of phenolic OH excluding ortho intramolecular Hbond substituents is 1. The Morgan fingerprint density at radius 2 is 1.77 bits per heavy atom. The number of carbonyl (C=O) groups is 2. The van der Waals surface area contributed by atoms with Crippen LogP contribution in [0.4, 0.5) is 0 Å². The number of nitrogens with zero attached hydrogens (tertiary/aromatic N) is 1. The SMILES string of the molecule is COc1cc(OCC(=O)NCCCCc2cccc(C3(C(=O)O[C@H]4CN5CCC4CC5)CCCCC3)c2)c(Cl)cc1CNC[C@H](O[Si](C)(C)C(C)(C)C)c1ccc(O)c2[nH]c(=O)ccc12. The van der Waals surface area contributed by atoms with Gasteiger partial charge in [-0.1, -0.05) is 82.0 Å². The third-order valence-corrected chi connectivity index (χ3v) is 19.3. The molecule has 4 aromatic rings. The standard InChI is InChI=1S/C51H69ClN4O8Si/c1-50(2,3)65(5,6)64-44(38-16-18-41(57)48-39(38)17-19-46(58)55-48)31-53-30-36-28-40(52)43(29-42(36)61-4)62-33-47(59)54-24-11-8-13-34-14-12-15-37(27-34)51(22-9-7-10-23-51)49(60)63-45-32-56-25-20-35(45)21-26-56/h12,14-19,27-29,35,44-45,53,57H,7-11,13,20-26,30-33H2,1-6H3,(H,54,59)(H,55,58)/t44-,45-/m0/s1. The molecule has 8 rings (SSSR count). The molecule has 1 aromatic heterocycles. The number of H-pyrrole nitrogens is 1. The Hall–Kier alpha value is -4.40. The molecule has 0 radical (unpaired) electrons. The van der Waals surface area contributed by atoms with Gasteiger partial charge in [0.15, 0.2) is 14.9 Å². The fourth-order valence-corrected chi connectivity index (χ4v) is 11.1. The van der Waals surface area contributed by atoms with Gasteiger partial charge < -0.3 is 39.4 Å². The Balaban J connectivity index is 0.895. The van der Waals surface area contributed by atoms with Gasteiger partial charge in [-0.15, -0.1) is 0 Å². The molecule has 1 saturated carbocycles. The number of halogens is 1. The summed E-state index contributed by atoms with van der Waals surface area (Å²) in [4.78, 5) is 44.3. The number of pyridine rings is 1. The van der Waals surface area contributed by atoms with E-state index in [9.17, 15) is 19.5 Å². The van der Waals surface area contributed by atoms with E-state index >= 15 is 0 Å². The molecule has 3 saturated heterocycles. The highest BCUT2D eigenvalue weighted by molar-refractivity contribution is 6.74. The Bertz CT molecular complexity index is 2350. The molecule has 352 valence electrons. The lowest BCUT2D eigenvalue weighted by Gasteiger charge is -2.45. The van der Waals surface area contributed by atoms with Crippen LogP contribution in [0.15, 0.2) is 65.5 Å². The van der Waals surface area contributed by atoms with Crippen molar-refractivity contribution in [3.63, 3.8) is 0 Å². The molecular formula is C51H69ClN4O8Si. The number of aromatic hydroxyl groups is 1. The average molecular weight is 930 g/mol. The zero-order valence-corrected chi connectivity index (χ0v) is 40.9. The number of hydrogen-bond acceptors (Lipinski definition) is 10. The minimum absolute atomic E-state index is 0.00330. The number of nitrogens with one attached hydrogen (secondary N) is 3. The Labute approximate surface area is 390 Å². The maximum atomic E-state index is 14.0. The quantitative estimate of drug-likeness (QED) is 0.0407. The molecule has 2 atom stereocenters. The molecule has 4 N–H and O–H groups in total. The number of unbranched alkanes of at least 4 members (excludes halogenated alkanes) is 1. The van der Waals surface area contributed by atoms with E-state index < -0.39 is 19.8 Å². The zero-order valence-electron chi connectivity index (χ0n) is 39.2. The summed E-state index contributed by atoms with van der Waals surface area (Å²) in [6.07, 6.45) is 9.29. The number of piperidine rings is 3. The van der Waals surface area contributed by atoms with Gasteiger partial charge in [0.1, 0.15) is 23.4 Å². The number of aromatic nitrogens is 1. The molecule has 3 aliphatic heterocycles. The Morgan fingerprint density at radius 1 is 1.00 bits per heavy atom. The van der Waals surface area contributed by atoms with E-state index in [1.807, 2.05) is 6.07 Å². The minimum atomic E-state index is -2.28. The van der Waals surface area contributed by atoms with Crippen molar-refractivity contribution in [3.05, 3.63) is 98.3 Å². The first-order valence-electron chi connectivity index (χ1n) is 23.6. The van der Waals surface area contributed by atoms with E-state index in [0.717, 1.165) is 101 Å². The second kappa shape index (κ2) is 21.0. The highest BCUT2D eigenvalue weighted by Crippen LogP contribution is 2.44. The van der Waals surface area contributed by atoms with Crippen molar-refractivity contribution in [3.8, 4) is 17.2 Å². The fourth-order valence-electron chi connectivity index (χ4n) is 9.60. The fraction of sp³-hybridized carbons (Fsp3) is 0.549. The van der Waals surface area contributed by atoms with Gasteiger partial charge in [0.05, 0.1) is 29.2 Å². The molecule has 4 aliphatic rings. The van der Waals surface area contributed by atoms with Gasteiger partial charge in [0.25, 0.3) is 5.91 Å². The van der Waals surface area contributed by atoms with Gasteiger partial charge >= 0.3 is 5.97 Å². The number of fused-ring (bicyclic) bond motifs is 4. The lowest BCUT2D eigenvalue weighted by atomic mass is 9.69. The summed E-state index contributed by atoms with van der Waals surface area (Å²) < 4.78 is 24.9. The number of esters is 1. The van der Waals surface area contributed by atoms with Crippen molar-refractivity contribution in [1.29, 1.82) is 0 Å². The molecule has 14 heteroatoms. The highest BCUT2D eigenvalue weighted by atomic mass is 35.5. The average Bonchev–Trinajstić information content (AvgIpc) is 3.29. The predicted octanol–water partition coefficient (Wildman–Crippen LogP) is 9.11. The first kappa shape index (κ1) is 48.5. The number of hydrogen-bond donors (Lipinski definition) is 4. The largest absolute Gasteiger partial charge is 0.506 e. The van der Waals surface area contributed by atoms with E-state index in [0.29, 0.717) is 53.0 Å². The maximum Gasteiger partial charge on any atom is 0.316 e. The summed E-state index contributed by atoms with van der Waals surface area (Å²) >= 11 is 6.72. The van der Waals surface area contributed by atoms with Crippen molar-refractivity contribution < 1.29 is 33.3 Å². The molecule has 65 heavy (non-hydrogen) atoms. The second-order valence-corrected chi connectivity index (χ2v) is 25.1. The van der Waals surface area contributed by atoms with Crippen molar-refractivity contribution in [2.45, 2.75) is 127 Å². The van der Waals surface area contributed by atoms with Crippen LogP contribution < -0.4 is 25.7 Å². The third-order valence-electron chi connectivity index (χ3n) is 14.5. The topological polar surface area (TPSA) is 151 Å². The number of aromatic amines is 1. The van der Waals surface area contributed by atoms with E-state index in [4.69, 9.17) is 30.2 Å². The Kier molecular flexibility index (Phi) is 15.7. The molecule has 3 aromatic carbocycles. The van der Waals surface area contributed by atoms with Crippen molar-refractivity contribution in [2.75, 3.05) is 46.4 Å². The molecule has 4 heterocycles. The predicted molar refractivity (Wildman–Crippen MR) is 259 cm³/mol. The van der Waals surface area contributed by atoms with Crippen LogP contribution in [0.25, 0.3) is 10.9 Å². The van der Waals surface area contributed by atoms with Crippen LogP contribution in [0, 0.1) is 5.92 Å². The van der Waals surface area contributed by atoms with E-state index in [1.165, 1.54) is 11.6 Å². The number of ether oxygens (including phenoxy) is 3. The van der Waals surface area contributed by atoms with Gasteiger partial charge in [-0.2, -0.15) is 0 Å². The summed E-state index contributed by atoms with van der Waals surface area (Å²) in [6.45, 7) is 15.2. The molecular weight excluding hydrogens is 860 g/mol. The zero-order chi connectivity index (χ0) is 46.4. The number of benzene rings is 3. The van der Waals surface area contributed by atoms with Gasteiger partial charge in [-0.05, 0) is 117 Å². The first-order valence-corrected chi connectivity index (χ1v) is 26.9. The highest BCUT2D eigenvalue weighted by Gasteiger charge is 2.46. The van der Waals surface area contributed by atoms with Crippen LogP contribution in [-0.4, -0.2) is 87.7 Å². The second-order valence-electron chi connectivity index (χ2n) is 19.9. The van der Waals surface area contributed by atoms with Crippen LogP contribution in [0.1, 0.15) is 107 Å². The lowest BCUT2D eigenvalue weighted by molar-refractivity contribution is -0.167. The van der Waals surface area contributed by atoms with E-state index in [2.05, 4.69) is 78.6 Å². The first-order chi connectivity index (χ1) is 31.1. The van der Waals surface area contributed by atoms with Crippen molar-refractivity contribution in [1.82, 2.24) is 20.5 Å². The van der Waals surface area contributed by atoms with Crippen LogP contribution in [-0.2, 0) is 37.1 Å². The van der Waals surface area contributed by atoms with Crippen LogP contribution in [0.3, 0.4) is 0 Å². The van der Waals surface area contributed by atoms with Gasteiger partial charge in [-0.3, -0.25) is 19.3 Å². The molecule has 0 spiro atoms. The summed E-state index contributed by atoms with van der Waals surface area (Å²) in [5.74, 6) is 1.11. The summed E-state index contributed by atoms with van der Waals surface area (Å²) in [7, 11) is -0.699. The smallest absolute Gasteiger partial charge is 0.316 e. The monoisotopic (exact) mass is 928 g/mol. The summed E-state index contributed by atoms with van der Waals surface area (Å²) in [5.41, 5.74) is 3.44. The lowest BCUT2D eigenvalue weighted by Crippen LogP contribution is -2.53. The van der Waals surface area contributed by atoms with Gasteiger partial charge in [0.2, 0.25) is 5.56 Å². The normalized spacial score (nSPS) is 20.0. The summed E-state index contributed by atoms with van der Waals surface area (Å²) in [5, 5.41) is 18.1. The van der Waals surface area contributed by atoms with Crippen LogP contribution >= 0.6 is 11.6 Å². The Morgan fingerprint density at radius 3 is 2.48 bits per heavy atom. The van der Waals surface area contributed by atoms with Crippen LogP contribution in [0.2, 0.25) is 23.2 Å². The molecule has 2 bridgehead atoms. The molecule has 0 unspecified atom stereocenters. The van der Waals surface area contributed by atoms with E-state index in [1.54, 1.807) is 31.4 Å². The number of phenols is 1. The number of carbonyl (C=O) groups excluding carboxylic acids is 2. The molecule has 1 amide bonds. The number of rotatable bonds is 19. The number of aryl methyl sites for hydroxylation is 1. The maximum absolute atomic E-state index is 14.0. The molecule has 12 nitrogen and oxygen atoms in total. The van der Waals surface area contributed by atoms with Crippen LogP contribution in [0.5, 0.6) is 17.2 Å². The van der Waals surface area contributed by atoms with E-state index in [-0.39, 0.29) is 40.9 Å². The van der Waals surface area contributed by atoms with Gasteiger partial charge in [-0.25, -0.2) is 0 Å². The number of amides is 1. The molecule has 4 fully saturated rings. The third kappa shape index (κ3) is 11.6.